The van der Waals surface area contributed by atoms with E-state index in [1.807, 2.05) is 30.3 Å². The lowest BCUT2D eigenvalue weighted by molar-refractivity contribution is 0.289. The van der Waals surface area contributed by atoms with E-state index < -0.39 is 5.82 Å². The molecule has 2 aromatic carbocycles. The summed E-state index contributed by atoms with van der Waals surface area (Å²) in [4.78, 5) is 4.05. The van der Waals surface area contributed by atoms with Gasteiger partial charge in [0.2, 0.25) is 0 Å². The van der Waals surface area contributed by atoms with Crippen molar-refractivity contribution in [2.45, 2.75) is 6.61 Å². The van der Waals surface area contributed by atoms with Crippen LogP contribution in [0.5, 0.6) is 11.5 Å². The molecule has 0 saturated carbocycles. The maximum atomic E-state index is 14.2. The van der Waals surface area contributed by atoms with Crippen LogP contribution in [0, 0.1) is 11.6 Å². The molecule has 0 aliphatic carbocycles. The number of aliphatic hydroxyl groups excluding tert-OH is 1. The normalized spacial score (nSPS) is 10.1. The van der Waals surface area contributed by atoms with Crippen LogP contribution in [0.1, 0.15) is 5.69 Å². The summed E-state index contributed by atoms with van der Waals surface area (Å²) in [7, 11) is 2.81. The summed E-state index contributed by atoms with van der Waals surface area (Å²) in [6.07, 6.45) is 1.46. The number of ether oxygens (including phenoxy) is 2. The Kier molecular flexibility index (Phi) is 9.01. The molecule has 5 nitrogen and oxygen atoms in total. The smallest absolute Gasteiger partial charge is 0.151 e. The van der Waals surface area contributed by atoms with E-state index in [2.05, 4.69) is 10.3 Å². The zero-order chi connectivity index (χ0) is 21.1. The van der Waals surface area contributed by atoms with Gasteiger partial charge in [-0.25, -0.2) is 8.78 Å². The summed E-state index contributed by atoms with van der Waals surface area (Å²) >= 11 is 0. The summed E-state index contributed by atoms with van der Waals surface area (Å²) < 4.78 is 39.3. The molecule has 0 saturated heterocycles. The Morgan fingerprint density at radius 2 is 1.69 bits per heavy atom. The highest BCUT2D eigenvalue weighted by atomic mass is 19.1. The summed E-state index contributed by atoms with van der Waals surface area (Å²) in [6, 6.07) is 14.9. The molecule has 1 heterocycles. The van der Waals surface area contributed by atoms with Crippen molar-refractivity contribution in [1.29, 1.82) is 0 Å². The molecule has 0 atom stereocenters. The first-order valence-electron chi connectivity index (χ1n) is 9.01. The molecule has 3 aromatic rings. The van der Waals surface area contributed by atoms with Crippen LogP contribution in [0.2, 0.25) is 0 Å². The first-order chi connectivity index (χ1) is 14.2. The molecule has 2 N–H and O–H groups in total. The number of nitrogens with one attached hydrogen (secondary N) is 1. The van der Waals surface area contributed by atoms with Gasteiger partial charge in [0.05, 0.1) is 6.20 Å². The van der Waals surface area contributed by atoms with Gasteiger partial charge in [0.25, 0.3) is 0 Å². The number of aliphatic hydroxyl groups is 1. The largest absolute Gasteiger partial charge is 0.491 e. The van der Waals surface area contributed by atoms with Crippen molar-refractivity contribution in [1.82, 2.24) is 10.3 Å². The zero-order valence-corrected chi connectivity index (χ0v) is 16.4. The van der Waals surface area contributed by atoms with E-state index in [-0.39, 0.29) is 18.1 Å². The highest BCUT2D eigenvalue weighted by Gasteiger charge is 2.10. The summed E-state index contributed by atoms with van der Waals surface area (Å²) in [5, 5.41) is 9.94. The SMILES string of the molecule is CNCCOc1cnc(COc2ccc(F)c(-c3ccccc3)c2)c(F)c1.CO. The Morgan fingerprint density at radius 1 is 0.931 bits per heavy atom. The van der Waals surface area contributed by atoms with Crippen LogP contribution in [0.3, 0.4) is 0 Å². The van der Waals surface area contributed by atoms with Gasteiger partial charge in [-0.15, -0.1) is 0 Å². The molecule has 1 aromatic heterocycles. The Hall–Kier alpha value is -3.03. The van der Waals surface area contributed by atoms with E-state index in [9.17, 15) is 8.78 Å². The third-order valence-corrected chi connectivity index (χ3v) is 3.91. The molecule has 7 heteroatoms. The highest BCUT2D eigenvalue weighted by Crippen LogP contribution is 2.27. The summed E-state index contributed by atoms with van der Waals surface area (Å²) in [6.45, 7) is 1.01. The van der Waals surface area contributed by atoms with Gasteiger partial charge in [-0.1, -0.05) is 30.3 Å². The fourth-order valence-electron chi connectivity index (χ4n) is 2.49. The standard InChI is InChI=1S/C21H20F2N2O2.CH4O/c1-24-9-10-26-17-12-20(23)21(25-13-17)14-27-16-7-8-19(22)18(11-16)15-5-3-2-4-6-15;1-2/h2-8,11-13,24H,9-10,14H2,1H3;2H,1H3. The van der Waals surface area contributed by atoms with Gasteiger partial charge >= 0.3 is 0 Å². The van der Waals surface area contributed by atoms with E-state index in [0.717, 1.165) is 12.7 Å². The second-order valence-corrected chi connectivity index (χ2v) is 5.85. The van der Waals surface area contributed by atoms with Gasteiger partial charge in [-0.2, -0.15) is 0 Å². The molecular formula is C22H24F2N2O3. The fraction of sp³-hybridized carbons (Fsp3) is 0.227. The van der Waals surface area contributed by atoms with Crippen molar-refractivity contribution in [2.24, 2.45) is 0 Å². The van der Waals surface area contributed by atoms with Crippen LogP contribution in [-0.2, 0) is 6.61 Å². The van der Waals surface area contributed by atoms with Crippen LogP contribution in [0.15, 0.2) is 60.8 Å². The van der Waals surface area contributed by atoms with Gasteiger partial charge < -0.3 is 19.9 Å². The van der Waals surface area contributed by atoms with Crippen molar-refractivity contribution < 1.29 is 23.4 Å². The van der Waals surface area contributed by atoms with Crippen LogP contribution in [0.4, 0.5) is 8.78 Å². The van der Waals surface area contributed by atoms with Crippen LogP contribution >= 0.6 is 0 Å². The number of pyridine rings is 1. The van der Waals surface area contributed by atoms with Crippen molar-refractivity contribution in [3.05, 3.63) is 78.1 Å². The minimum atomic E-state index is -0.512. The third-order valence-electron chi connectivity index (χ3n) is 3.91. The van der Waals surface area contributed by atoms with E-state index in [0.29, 0.717) is 30.2 Å². The summed E-state index contributed by atoms with van der Waals surface area (Å²) in [5.74, 6) is -0.0614. The molecule has 0 fully saturated rings. The number of rotatable bonds is 8. The average molecular weight is 402 g/mol. The Balaban J connectivity index is 0.00000145. The van der Waals surface area contributed by atoms with Crippen molar-refractivity contribution >= 4 is 0 Å². The molecular weight excluding hydrogens is 378 g/mol. The van der Waals surface area contributed by atoms with Gasteiger partial charge in [0.1, 0.15) is 36.2 Å². The lowest BCUT2D eigenvalue weighted by Gasteiger charge is -2.11. The quantitative estimate of drug-likeness (QED) is 0.561. The molecule has 0 radical (unpaired) electrons. The van der Waals surface area contributed by atoms with E-state index in [1.54, 1.807) is 13.1 Å². The van der Waals surface area contributed by atoms with Gasteiger partial charge in [0.15, 0.2) is 5.82 Å². The summed E-state index contributed by atoms with van der Waals surface area (Å²) in [5.41, 5.74) is 1.32. The Morgan fingerprint density at radius 3 is 2.38 bits per heavy atom. The molecule has 29 heavy (non-hydrogen) atoms. The van der Waals surface area contributed by atoms with E-state index in [4.69, 9.17) is 14.6 Å². The van der Waals surface area contributed by atoms with E-state index >= 15 is 0 Å². The Labute approximate surface area is 168 Å². The maximum Gasteiger partial charge on any atom is 0.151 e. The van der Waals surface area contributed by atoms with Gasteiger partial charge in [0, 0.05) is 25.3 Å². The Bertz CT molecular complexity index is 892. The first-order valence-corrected chi connectivity index (χ1v) is 9.01. The van der Waals surface area contributed by atoms with Crippen LogP contribution in [-0.4, -0.2) is 37.4 Å². The molecule has 0 bridgehead atoms. The number of hydrogen-bond donors (Lipinski definition) is 2. The predicted molar refractivity (Wildman–Crippen MR) is 108 cm³/mol. The van der Waals surface area contributed by atoms with Gasteiger partial charge in [-0.3, -0.25) is 4.98 Å². The lowest BCUT2D eigenvalue weighted by atomic mass is 10.1. The number of aromatic nitrogens is 1. The van der Waals surface area contributed by atoms with Crippen molar-refractivity contribution in [3.63, 3.8) is 0 Å². The lowest BCUT2D eigenvalue weighted by Crippen LogP contribution is -2.16. The van der Waals surface area contributed by atoms with Crippen LogP contribution in [0.25, 0.3) is 11.1 Å². The van der Waals surface area contributed by atoms with Crippen molar-refractivity contribution in [3.8, 4) is 22.6 Å². The topological polar surface area (TPSA) is 63.6 Å². The van der Waals surface area contributed by atoms with Crippen molar-refractivity contribution in [2.75, 3.05) is 27.3 Å². The number of likely N-dealkylation sites (N-methyl/N-ethyl adjacent to an activating group) is 1. The van der Waals surface area contributed by atoms with Gasteiger partial charge in [-0.05, 0) is 30.8 Å². The average Bonchev–Trinajstić information content (AvgIpc) is 2.76. The maximum absolute atomic E-state index is 14.2. The third kappa shape index (κ3) is 6.51. The number of benzene rings is 2. The number of halogens is 2. The molecule has 0 amide bonds. The molecule has 0 unspecified atom stereocenters. The molecule has 0 aliphatic heterocycles. The van der Waals surface area contributed by atoms with Crippen LogP contribution < -0.4 is 14.8 Å². The molecule has 0 aliphatic rings. The first kappa shape index (κ1) is 22.3. The minimum Gasteiger partial charge on any atom is -0.491 e. The number of hydrogen-bond acceptors (Lipinski definition) is 5. The molecule has 3 rings (SSSR count). The zero-order valence-electron chi connectivity index (χ0n) is 16.4. The highest BCUT2D eigenvalue weighted by molar-refractivity contribution is 5.65. The second kappa shape index (κ2) is 11.7. The number of nitrogens with zero attached hydrogens (tertiary/aromatic N) is 1. The monoisotopic (exact) mass is 402 g/mol. The van der Waals surface area contributed by atoms with E-state index in [1.165, 1.54) is 24.4 Å². The predicted octanol–water partition coefficient (Wildman–Crippen LogP) is 3.81. The minimum absolute atomic E-state index is 0.0670. The molecule has 0 spiro atoms. The second-order valence-electron chi connectivity index (χ2n) is 5.85. The molecule has 154 valence electrons. The fourth-order valence-corrected chi connectivity index (χ4v) is 2.49.